The first-order valence-corrected chi connectivity index (χ1v) is 9.58. The highest BCUT2D eigenvalue weighted by atomic mass is 32.2. The molecule has 11 heteroatoms. The third kappa shape index (κ3) is 2.48. The van der Waals surface area contributed by atoms with Gasteiger partial charge in [-0.1, -0.05) is 24.3 Å². The SMILES string of the molecule is O=C(CN1c2cccc3cccc(c23)S1(=O)=O)Nc1ncc([N+](=O)[O-])s1. The van der Waals surface area contributed by atoms with Crippen LogP contribution in [-0.2, 0) is 14.8 Å². The predicted octanol–water partition coefficient (Wildman–Crippen LogP) is 2.35. The average molecular weight is 390 g/mol. The van der Waals surface area contributed by atoms with Crippen molar-refractivity contribution < 1.29 is 18.1 Å². The molecular formula is C15H10N4O5S2. The zero-order valence-corrected chi connectivity index (χ0v) is 14.6. The van der Waals surface area contributed by atoms with Crippen molar-refractivity contribution in [1.29, 1.82) is 0 Å². The molecule has 26 heavy (non-hydrogen) atoms. The molecule has 1 aliphatic heterocycles. The summed E-state index contributed by atoms with van der Waals surface area (Å²) in [6.07, 6.45) is 1.03. The van der Waals surface area contributed by atoms with Crippen molar-refractivity contribution in [3.8, 4) is 0 Å². The maximum absolute atomic E-state index is 12.8. The van der Waals surface area contributed by atoms with E-state index in [0.717, 1.165) is 15.9 Å². The summed E-state index contributed by atoms with van der Waals surface area (Å²) in [6, 6.07) is 10.1. The largest absolute Gasteiger partial charge is 0.345 e. The first-order valence-electron chi connectivity index (χ1n) is 7.32. The van der Waals surface area contributed by atoms with E-state index in [-0.39, 0.29) is 15.0 Å². The summed E-state index contributed by atoms with van der Waals surface area (Å²) in [7, 11) is -3.85. The zero-order valence-electron chi connectivity index (χ0n) is 12.9. The lowest BCUT2D eigenvalue weighted by Crippen LogP contribution is -2.35. The van der Waals surface area contributed by atoms with Crippen LogP contribution in [0.4, 0.5) is 15.8 Å². The lowest BCUT2D eigenvalue weighted by molar-refractivity contribution is -0.380. The molecule has 0 fully saturated rings. The topological polar surface area (TPSA) is 123 Å². The number of nitro groups is 1. The zero-order chi connectivity index (χ0) is 18.5. The van der Waals surface area contributed by atoms with Crippen molar-refractivity contribution in [2.75, 3.05) is 16.2 Å². The highest BCUT2D eigenvalue weighted by molar-refractivity contribution is 7.93. The second-order valence-corrected chi connectivity index (χ2v) is 8.29. The molecule has 2 heterocycles. The lowest BCUT2D eigenvalue weighted by atomic mass is 10.1. The molecule has 0 atom stereocenters. The van der Waals surface area contributed by atoms with Gasteiger partial charge in [0.15, 0.2) is 5.13 Å². The Morgan fingerprint density at radius 2 is 2.00 bits per heavy atom. The second-order valence-electron chi connectivity index (χ2n) is 5.45. The molecule has 1 amide bonds. The minimum absolute atomic E-state index is 0.0361. The third-order valence-electron chi connectivity index (χ3n) is 3.89. The fraction of sp³-hybridized carbons (Fsp3) is 0.0667. The van der Waals surface area contributed by atoms with Crippen LogP contribution in [0.3, 0.4) is 0 Å². The summed E-state index contributed by atoms with van der Waals surface area (Å²) in [5.41, 5.74) is 0.429. The van der Waals surface area contributed by atoms with E-state index in [1.165, 1.54) is 6.07 Å². The molecule has 1 N–H and O–H groups in total. The number of anilines is 2. The maximum Gasteiger partial charge on any atom is 0.345 e. The number of carbonyl (C=O) groups is 1. The molecule has 9 nitrogen and oxygen atoms in total. The van der Waals surface area contributed by atoms with Crippen molar-refractivity contribution in [3.63, 3.8) is 0 Å². The van der Waals surface area contributed by atoms with Gasteiger partial charge in [0.1, 0.15) is 12.7 Å². The van der Waals surface area contributed by atoms with E-state index in [4.69, 9.17) is 0 Å². The van der Waals surface area contributed by atoms with Crippen LogP contribution in [-0.4, -0.2) is 30.8 Å². The molecule has 2 aromatic carbocycles. The monoisotopic (exact) mass is 390 g/mol. The Morgan fingerprint density at radius 1 is 1.27 bits per heavy atom. The van der Waals surface area contributed by atoms with Crippen LogP contribution in [0.2, 0.25) is 0 Å². The number of amides is 1. The Labute approximate surface area is 151 Å². The van der Waals surface area contributed by atoms with Crippen molar-refractivity contribution in [2.24, 2.45) is 0 Å². The fourth-order valence-electron chi connectivity index (χ4n) is 2.83. The highest BCUT2D eigenvalue weighted by Crippen LogP contribution is 2.41. The van der Waals surface area contributed by atoms with Gasteiger partial charge in [0, 0.05) is 5.39 Å². The van der Waals surface area contributed by atoms with E-state index in [1.807, 2.05) is 0 Å². The number of carbonyl (C=O) groups excluding carboxylic acids is 1. The Kier molecular flexibility index (Phi) is 3.63. The smallest absolute Gasteiger partial charge is 0.300 e. The van der Waals surface area contributed by atoms with Gasteiger partial charge in [0.25, 0.3) is 10.0 Å². The summed E-state index contributed by atoms with van der Waals surface area (Å²) in [4.78, 5) is 26.2. The maximum atomic E-state index is 12.8. The predicted molar refractivity (Wildman–Crippen MR) is 95.9 cm³/mol. The number of nitrogens with zero attached hydrogens (tertiary/aromatic N) is 3. The van der Waals surface area contributed by atoms with Crippen LogP contribution < -0.4 is 9.62 Å². The van der Waals surface area contributed by atoms with Gasteiger partial charge in [-0.15, -0.1) is 0 Å². The number of aromatic nitrogens is 1. The average Bonchev–Trinajstić information content (AvgIpc) is 3.14. The summed E-state index contributed by atoms with van der Waals surface area (Å²) in [5, 5.41) is 14.2. The van der Waals surface area contributed by atoms with Crippen LogP contribution in [0.1, 0.15) is 0 Å². The Morgan fingerprint density at radius 3 is 2.69 bits per heavy atom. The Bertz CT molecular complexity index is 1170. The van der Waals surface area contributed by atoms with Crippen LogP contribution in [0.25, 0.3) is 10.8 Å². The van der Waals surface area contributed by atoms with Gasteiger partial charge in [0.2, 0.25) is 5.91 Å². The molecule has 0 saturated carbocycles. The van der Waals surface area contributed by atoms with Crippen LogP contribution in [0.15, 0.2) is 47.5 Å². The van der Waals surface area contributed by atoms with Gasteiger partial charge in [-0.05, 0) is 28.9 Å². The van der Waals surface area contributed by atoms with E-state index < -0.39 is 27.4 Å². The second kappa shape index (κ2) is 5.75. The van der Waals surface area contributed by atoms with Crippen molar-refractivity contribution >= 4 is 53.9 Å². The van der Waals surface area contributed by atoms with E-state index in [0.29, 0.717) is 22.4 Å². The Hall–Kier alpha value is -3.05. The number of benzene rings is 2. The van der Waals surface area contributed by atoms with Crippen LogP contribution in [0.5, 0.6) is 0 Å². The summed E-state index contributed by atoms with van der Waals surface area (Å²) >= 11 is 0.699. The minimum Gasteiger partial charge on any atom is -0.300 e. The van der Waals surface area contributed by atoms with Gasteiger partial charge >= 0.3 is 5.00 Å². The Balaban J connectivity index is 1.63. The van der Waals surface area contributed by atoms with Crippen molar-refractivity contribution in [2.45, 2.75) is 4.90 Å². The number of rotatable bonds is 4. The van der Waals surface area contributed by atoms with Gasteiger partial charge in [-0.2, -0.15) is 0 Å². The first kappa shape index (κ1) is 16.4. The quantitative estimate of drug-likeness (QED) is 0.539. The summed E-state index contributed by atoms with van der Waals surface area (Å²) in [5.74, 6) is -0.636. The highest BCUT2D eigenvalue weighted by Gasteiger charge is 2.36. The lowest BCUT2D eigenvalue weighted by Gasteiger charge is -2.17. The van der Waals surface area contributed by atoms with Crippen molar-refractivity contribution in [3.05, 3.63) is 52.7 Å². The first-order chi connectivity index (χ1) is 12.4. The molecule has 1 aliphatic rings. The molecule has 0 radical (unpaired) electrons. The van der Waals surface area contributed by atoms with Gasteiger partial charge in [-0.25, -0.2) is 13.4 Å². The molecule has 4 rings (SSSR count). The molecule has 1 aromatic heterocycles. The molecule has 0 aliphatic carbocycles. The van der Waals surface area contributed by atoms with Gasteiger partial charge < -0.3 is 5.32 Å². The van der Waals surface area contributed by atoms with E-state index in [1.54, 1.807) is 30.3 Å². The summed E-state index contributed by atoms with van der Waals surface area (Å²) < 4.78 is 26.6. The summed E-state index contributed by atoms with van der Waals surface area (Å²) in [6.45, 7) is -0.455. The van der Waals surface area contributed by atoms with Crippen molar-refractivity contribution in [1.82, 2.24) is 4.98 Å². The molecule has 0 saturated heterocycles. The van der Waals surface area contributed by atoms with E-state index >= 15 is 0 Å². The molecule has 3 aromatic rings. The number of nitrogens with one attached hydrogen (secondary N) is 1. The van der Waals surface area contributed by atoms with Crippen LogP contribution >= 0.6 is 11.3 Å². The number of hydrogen-bond acceptors (Lipinski definition) is 7. The number of thiazole rings is 1. The minimum atomic E-state index is -3.85. The molecule has 0 spiro atoms. The molecule has 0 unspecified atom stereocenters. The standard InChI is InChI=1S/C15H10N4O5S2/c20-12(17-15-16-7-13(25-15)19(21)22)8-18-10-5-1-3-9-4-2-6-11(14(9)10)26(18,23)24/h1-7H,8H2,(H,16,17,20). The molecule has 0 bridgehead atoms. The van der Waals surface area contributed by atoms with Crippen LogP contribution in [0, 0.1) is 10.1 Å². The normalized spacial score (nSPS) is 14.5. The van der Waals surface area contributed by atoms with E-state index in [2.05, 4.69) is 10.3 Å². The van der Waals surface area contributed by atoms with Gasteiger partial charge in [-0.3, -0.25) is 19.2 Å². The molecular weight excluding hydrogens is 380 g/mol. The number of hydrogen-bond donors (Lipinski definition) is 1. The third-order valence-corrected chi connectivity index (χ3v) is 6.55. The van der Waals surface area contributed by atoms with E-state index in [9.17, 15) is 23.3 Å². The fourth-order valence-corrected chi connectivity index (χ4v) is 5.14. The molecule has 132 valence electrons. The van der Waals surface area contributed by atoms with Gasteiger partial charge in [0.05, 0.1) is 15.5 Å². The number of sulfonamides is 1.